The molecule has 0 saturated heterocycles. The van der Waals surface area contributed by atoms with E-state index in [0.29, 0.717) is 53.6 Å². The summed E-state index contributed by atoms with van der Waals surface area (Å²) in [6.45, 7) is 0.745. The third-order valence-corrected chi connectivity index (χ3v) is 9.44. The van der Waals surface area contributed by atoms with E-state index in [2.05, 4.69) is 20.9 Å². The maximum Gasteiger partial charge on any atom is 0.411 e. The van der Waals surface area contributed by atoms with Gasteiger partial charge in [0.15, 0.2) is 0 Å². The van der Waals surface area contributed by atoms with Crippen molar-refractivity contribution in [1.29, 1.82) is 0 Å². The van der Waals surface area contributed by atoms with Gasteiger partial charge in [0.2, 0.25) is 11.5 Å². The number of hydrogen-bond acceptors (Lipinski definition) is 8. The highest BCUT2D eigenvalue weighted by molar-refractivity contribution is 5.92. The van der Waals surface area contributed by atoms with Gasteiger partial charge in [-0.3, -0.25) is 24.3 Å². The normalized spacial score (nSPS) is 15.7. The molecule has 1 aliphatic carbocycles. The third kappa shape index (κ3) is 10.9. The summed E-state index contributed by atoms with van der Waals surface area (Å²) in [6.07, 6.45) is 3.36. The van der Waals surface area contributed by atoms with E-state index in [-0.39, 0.29) is 45.3 Å². The summed E-state index contributed by atoms with van der Waals surface area (Å²) >= 11 is 0. The van der Waals surface area contributed by atoms with Crippen molar-refractivity contribution < 1.29 is 33.9 Å². The fourth-order valence-electron chi connectivity index (χ4n) is 6.61. The predicted octanol–water partition coefficient (Wildman–Crippen LogP) is 6.81. The number of carbonyl (C=O) groups excluding carboxylic acids is 2. The maximum atomic E-state index is 12.9. The van der Waals surface area contributed by atoms with Gasteiger partial charge in [-0.2, -0.15) is 0 Å². The van der Waals surface area contributed by atoms with Crippen molar-refractivity contribution in [1.82, 2.24) is 10.3 Å². The first kappa shape index (κ1) is 41.1. The van der Waals surface area contributed by atoms with Gasteiger partial charge in [0.25, 0.3) is 0 Å². The summed E-state index contributed by atoms with van der Waals surface area (Å²) in [6, 6.07) is 29.6. The van der Waals surface area contributed by atoms with Gasteiger partial charge in [-0.15, -0.1) is 0 Å². The molecule has 54 heavy (non-hydrogen) atoms. The molecule has 0 radical (unpaired) electrons. The molecule has 1 heterocycles. The van der Waals surface area contributed by atoms with Crippen molar-refractivity contribution in [3.8, 4) is 16.9 Å². The molecule has 4 aromatic carbocycles. The number of ether oxygens (including phenoxy) is 1. The van der Waals surface area contributed by atoms with Gasteiger partial charge in [0, 0.05) is 48.3 Å². The Morgan fingerprint density at radius 1 is 0.870 bits per heavy atom. The van der Waals surface area contributed by atoms with Crippen LogP contribution in [0.4, 0.5) is 25.6 Å². The van der Waals surface area contributed by atoms with Crippen LogP contribution in [0.5, 0.6) is 5.75 Å². The molecule has 2 amide bonds. The van der Waals surface area contributed by atoms with E-state index >= 15 is 0 Å². The lowest BCUT2D eigenvalue weighted by Crippen LogP contribution is -2.32. The number of aliphatic hydroxyl groups excluding tert-OH is 1. The number of pyridine rings is 1. The predicted molar refractivity (Wildman–Crippen MR) is 208 cm³/mol. The summed E-state index contributed by atoms with van der Waals surface area (Å²) in [5, 5.41) is 30.7. The van der Waals surface area contributed by atoms with Crippen LogP contribution in [0.15, 0.2) is 102 Å². The zero-order chi connectivity index (χ0) is 36.5. The fraction of sp³-hybridized carbons (Fsp3) is 0.293. The second-order valence-corrected chi connectivity index (χ2v) is 13.3. The van der Waals surface area contributed by atoms with Gasteiger partial charge in [0.05, 0.1) is 17.3 Å². The third-order valence-electron chi connectivity index (χ3n) is 9.44. The molecule has 1 fully saturated rings. The number of rotatable bonds is 13. The summed E-state index contributed by atoms with van der Waals surface area (Å²) in [7, 11) is 0. The summed E-state index contributed by atoms with van der Waals surface area (Å²) < 4.78 is 5.73. The average Bonchev–Trinajstić information content (AvgIpc) is 3.14. The Bertz CT molecular complexity index is 2050. The van der Waals surface area contributed by atoms with Crippen LogP contribution in [0.2, 0.25) is 0 Å². The zero-order valence-electron chi connectivity index (χ0n) is 29.8. The minimum absolute atomic E-state index is 0. The number of hydrogen-bond donors (Lipinski definition) is 7. The Morgan fingerprint density at radius 2 is 1.59 bits per heavy atom. The number of phenols is 1. The highest BCUT2D eigenvalue weighted by Gasteiger charge is 2.22. The monoisotopic (exact) mass is 743 g/mol. The first-order valence-corrected chi connectivity index (χ1v) is 17.8. The van der Waals surface area contributed by atoms with Gasteiger partial charge in [0.1, 0.15) is 11.9 Å². The second-order valence-electron chi connectivity index (χ2n) is 13.3. The topological polar surface area (TPSA) is 179 Å². The quantitative estimate of drug-likeness (QED) is 0.0688. The summed E-state index contributed by atoms with van der Waals surface area (Å²) in [5.74, 6) is -0.146. The molecule has 1 saturated carbocycles. The van der Waals surface area contributed by atoms with Crippen LogP contribution in [0.3, 0.4) is 0 Å². The van der Waals surface area contributed by atoms with Crippen LogP contribution in [0, 0.1) is 0 Å². The molecule has 1 atom stereocenters. The Balaban J connectivity index is 0.00000325. The summed E-state index contributed by atoms with van der Waals surface area (Å²) in [5.41, 5.74) is 11.8. The zero-order valence-corrected chi connectivity index (χ0v) is 29.8. The van der Waals surface area contributed by atoms with Gasteiger partial charge in [-0.1, -0.05) is 60.7 Å². The van der Waals surface area contributed by atoms with Crippen LogP contribution >= 0.6 is 0 Å². The van der Waals surface area contributed by atoms with Crippen molar-refractivity contribution in [2.75, 3.05) is 17.2 Å². The molecule has 0 spiro atoms. The van der Waals surface area contributed by atoms with Crippen molar-refractivity contribution in [3.63, 3.8) is 0 Å². The molecule has 13 heteroatoms. The highest BCUT2D eigenvalue weighted by atomic mass is 19.0. The highest BCUT2D eigenvalue weighted by Crippen LogP contribution is 2.31. The Kier molecular flexibility index (Phi) is 14.8. The maximum absolute atomic E-state index is 12.9. The molecule has 5 aromatic rings. The molecule has 0 unspecified atom stereocenters. The molecule has 1 aromatic heterocycles. The smallest absolute Gasteiger partial charge is 0.411 e. The Morgan fingerprint density at radius 3 is 2.33 bits per heavy atom. The van der Waals surface area contributed by atoms with E-state index in [4.69, 9.17) is 10.5 Å². The van der Waals surface area contributed by atoms with Crippen molar-refractivity contribution >= 4 is 34.3 Å². The minimum Gasteiger partial charge on any atom is -0.506 e. The molecule has 0 bridgehead atoms. The average molecular weight is 744 g/mol. The molecular weight excluding hydrogens is 696 g/mol. The first-order chi connectivity index (χ1) is 25.2. The molecule has 11 nitrogen and oxygen atoms in total. The van der Waals surface area contributed by atoms with E-state index in [1.807, 2.05) is 72.8 Å². The van der Waals surface area contributed by atoms with Crippen molar-refractivity contribution in [2.45, 2.75) is 69.7 Å². The number of nitrogens with one attached hydrogen (secondary N) is 4. The molecule has 286 valence electrons. The Labute approximate surface area is 311 Å². The van der Waals surface area contributed by atoms with Gasteiger partial charge < -0.3 is 36.3 Å². The SMILES string of the molecule is F.F.NC1CCC(OC(=O)Nc2cc(CCCC(=O)Nc3ccc(CNC[C@H](O)c4ccc(O)c5[nH]c(=O)ccc45)cc3)ccc2-c2ccccc2)CC1. The number of aromatic nitrogens is 1. The fourth-order valence-corrected chi connectivity index (χ4v) is 6.61. The van der Waals surface area contributed by atoms with E-state index in [1.54, 1.807) is 12.1 Å². The lowest BCUT2D eigenvalue weighted by Gasteiger charge is -2.26. The second kappa shape index (κ2) is 19.4. The number of aliphatic hydroxyl groups is 1. The Hall–Kier alpha value is -5.63. The van der Waals surface area contributed by atoms with Crippen LogP contribution in [0.1, 0.15) is 61.3 Å². The first-order valence-electron chi connectivity index (χ1n) is 17.8. The largest absolute Gasteiger partial charge is 0.506 e. The number of aryl methyl sites for hydroxylation is 1. The van der Waals surface area contributed by atoms with Gasteiger partial charge >= 0.3 is 6.09 Å². The van der Waals surface area contributed by atoms with E-state index in [9.17, 15) is 24.6 Å². The minimum atomic E-state index is -0.861. The number of aromatic amines is 1. The lowest BCUT2D eigenvalue weighted by atomic mass is 9.94. The van der Waals surface area contributed by atoms with Crippen molar-refractivity contribution in [3.05, 3.63) is 124 Å². The van der Waals surface area contributed by atoms with Crippen LogP contribution < -0.4 is 27.2 Å². The van der Waals surface area contributed by atoms with Crippen LogP contribution in [0.25, 0.3) is 22.0 Å². The van der Waals surface area contributed by atoms with E-state index < -0.39 is 12.2 Å². The number of anilines is 2. The van der Waals surface area contributed by atoms with Gasteiger partial charge in [-0.05, 0) is 91.1 Å². The number of benzene rings is 4. The van der Waals surface area contributed by atoms with E-state index in [1.165, 1.54) is 12.1 Å². The number of H-pyrrole nitrogens is 1. The number of amides is 2. The number of fused-ring (bicyclic) bond motifs is 1. The molecule has 1 aliphatic rings. The standard InChI is InChI=1S/C41H45N5O6.2FH/c42-29-12-16-31(17-13-29)52-41(51)45-35-23-26(11-18-32(35)28-6-2-1-3-7-28)5-4-8-38(49)44-30-14-9-27(10-15-30)24-43-25-37(48)33-19-21-36(47)40-34(33)20-22-39(50)46-40;;/h1-3,6-7,9-11,14-15,18-23,29,31,37,43,47-48H,4-5,8,12-13,16-17,24-25,42H2,(H,44,49)(H,45,51)(H,46,50);2*1H/t29?,31?,37-;;/m0../s1. The molecule has 6 rings (SSSR count). The van der Waals surface area contributed by atoms with Crippen LogP contribution in [-0.4, -0.2) is 45.9 Å². The number of aromatic hydroxyl groups is 1. The number of carbonyl (C=O) groups is 2. The molecular formula is C41H47F2N5O6. The summed E-state index contributed by atoms with van der Waals surface area (Å²) in [4.78, 5) is 40.0. The molecule has 8 N–H and O–H groups in total. The number of halogens is 2. The van der Waals surface area contributed by atoms with Gasteiger partial charge in [-0.25, -0.2) is 4.79 Å². The van der Waals surface area contributed by atoms with Crippen LogP contribution in [-0.2, 0) is 22.5 Å². The van der Waals surface area contributed by atoms with E-state index in [0.717, 1.165) is 47.9 Å². The molecule has 0 aliphatic heterocycles. The lowest BCUT2D eigenvalue weighted by molar-refractivity contribution is -0.116. The van der Waals surface area contributed by atoms with Crippen molar-refractivity contribution in [2.24, 2.45) is 5.73 Å². The number of nitrogens with two attached hydrogens (primary N) is 1. The number of phenolic OH excluding ortho intramolecular Hbond substituents is 1.